The van der Waals surface area contributed by atoms with Crippen LogP contribution < -0.4 is 0 Å². The molecule has 0 aromatic carbocycles. The van der Waals surface area contributed by atoms with Gasteiger partial charge in [-0.05, 0) is 38.4 Å². The van der Waals surface area contributed by atoms with Gasteiger partial charge in [0.25, 0.3) is 5.91 Å². The fourth-order valence-corrected chi connectivity index (χ4v) is 4.17. The number of likely N-dealkylation sites (N-methyl/N-ethyl adjacent to an activating group) is 1. The predicted octanol–water partition coefficient (Wildman–Crippen LogP) is 0.666. The maximum Gasteiger partial charge on any atom is 0.251 e. The molecule has 3 saturated heterocycles. The van der Waals surface area contributed by atoms with Crippen LogP contribution in [0.2, 0.25) is 0 Å². The molecule has 0 aromatic heterocycles. The van der Waals surface area contributed by atoms with E-state index in [2.05, 4.69) is 23.6 Å². The van der Waals surface area contributed by atoms with E-state index in [-0.39, 0.29) is 18.1 Å². The molecule has 0 saturated carbocycles. The van der Waals surface area contributed by atoms with Crippen LogP contribution in [-0.2, 0) is 14.3 Å². The molecule has 0 N–H and O–H groups in total. The first-order chi connectivity index (χ1) is 11.7. The van der Waals surface area contributed by atoms with Crippen molar-refractivity contribution in [1.82, 2.24) is 14.7 Å². The van der Waals surface area contributed by atoms with E-state index in [0.29, 0.717) is 32.2 Å². The Morgan fingerprint density at radius 2 is 1.92 bits per heavy atom. The number of carbonyl (C=O) groups excluding carboxylic acids is 1. The molecule has 3 aliphatic heterocycles. The molecule has 3 aliphatic rings. The monoisotopic (exact) mass is 339 g/mol. The molecule has 3 atom stereocenters. The maximum absolute atomic E-state index is 12.6. The number of ether oxygens (including phenoxy) is 2. The third kappa shape index (κ3) is 4.28. The second-order valence-corrected chi connectivity index (χ2v) is 7.21. The molecule has 3 rings (SSSR count). The summed E-state index contributed by atoms with van der Waals surface area (Å²) in [5.41, 5.74) is 0. The van der Waals surface area contributed by atoms with Crippen molar-refractivity contribution < 1.29 is 14.3 Å². The Morgan fingerprint density at radius 3 is 2.62 bits per heavy atom. The van der Waals surface area contributed by atoms with Crippen LogP contribution in [-0.4, -0.2) is 98.4 Å². The Hall–Kier alpha value is -0.690. The van der Waals surface area contributed by atoms with E-state index in [1.165, 1.54) is 0 Å². The molecule has 3 heterocycles. The number of fused-ring (bicyclic) bond motifs is 1. The lowest BCUT2D eigenvalue weighted by atomic mass is 9.91. The summed E-state index contributed by atoms with van der Waals surface area (Å²) in [6, 6.07) is 0. The zero-order valence-electron chi connectivity index (χ0n) is 15.3. The smallest absolute Gasteiger partial charge is 0.251 e. The highest BCUT2D eigenvalue weighted by Crippen LogP contribution is 2.34. The van der Waals surface area contributed by atoms with E-state index >= 15 is 0 Å². The van der Waals surface area contributed by atoms with E-state index in [0.717, 1.165) is 52.1 Å². The van der Waals surface area contributed by atoms with Crippen molar-refractivity contribution >= 4 is 5.91 Å². The second-order valence-electron chi connectivity index (χ2n) is 7.21. The molecule has 0 aromatic rings. The summed E-state index contributed by atoms with van der Waals surface area (Å²) >= 11 is 0. The van der Waals surface area contributed by atoms with E-state index in [1.54, 1.807) is 0 Å². The minimum absolute atomic E-state index is 0.183. The Bertz CT molecular complexity index is 410. The number of hydrogen-bond donors (Lipinski definition) is 0. The third-order valence-electron chi connectivity index (χ3n) is 5.86. The lowest BCUT2D eigenvalue weighted by molar-refractivity contribution is -0.147. The number of rotatable bonds is 6. The van der Waals surface area contributed by atoms with Gasteiger partial charge in [0.15, 0.2) is 0 Å². The fraction of sp³-hybridized carbons (Fsp3) is 0.944. The fourth-order valence-electron chi connectivity index (χ4n) is 4.17. The summed E-state index contributed by atoms with van der Waals surface area (Å²) in [5, 5.41) is 0. The summed E-state index contributed by atoms with van der Waals surface area (Å²) in [6.45, 7) is 13.8. The molecule has 6 nitrogen and oxygen atoms in total. The zero-order valence-corrected chi connectivity index (χ0v) is 15.3. The van der Waals surface area contributed by atoms with Crippen LogP contribution in [0, 0.1) is 5.92 Å². The summed E-state index contributed by atoms with van der Waals surface area (Å²) in [6.07, 6.45) is 2.09. The van der Waals surface area contributed by atoms with Crippen LogP contribution >= 0.6 is 0 Å². The van der Waals surface area contributed by atoms with Gasteiger partial charge in [-0.3, -0.25) is 9.69 Å². The first-order valence-corrected chi connectivity index (χ1v) is 9.68. The lowest BCUT2D eigenvalue weighted by Crippen LogP contribution is -2.46. The largest absolute Gasteiger partial charge is 0.378 e. The van der Waals surface area contributed by atoms with Gasteiger partial charge in [-0.15, -0.1) is 0 Å². The Morgan fingerprint density at radius 1 is 1.17 bits per heavy atom. The summed E-state index contributed by atoms with van der Waals surface area (Å²) in [7, 11) is 0. The summed E-state index contributed by atoms with van der Waals surface area (Å²) in [5.74, 6) is 0.743. The normalized spacial score (nSPS) is 31.5. The SMILES string of the molecule is CCN(CC)CCN1CC[C@@H]2C[C@H](C(=O)N3CCOCC3)O[C@H]2C1. The van der Waals surface area contributed by atoms with Gasteiger partial charge in [-0.25, -0.2) is 0 Å². The molecule has 0 unspecified atom stereocenters. The van der Waals surface area contributed by atoms with Gasteiger partial charge in [-0.2, -0.15) is 0 Å². The van der Waals surface area contributed by atoms with Gasteiger partial charge in [0.1, 0.15) is 6.10 Å². The van der Waals surface area contributed by atoms with Crippen LogP contribution in [0.3, 0.4) is 0 Å². The molecule has 24 heavy (non-hydrogen) atoms. The van der Waals surface area contributed by atoms with E-state index in [1.807, 2.05) is 4.90 Å². The Balaban J connectivity index is 1.46. The third-order valence-corrected chi connectivity index (χ3v) is 5.86. The van der Waals surface area contributed by atoms with Crippen molar-refractivity contribution in [2.45, 2.75) is 38.9 Å². The molecule has 1 amide bonds. The number of likely N-dealkylation sites (tertiary alicyclic amines) is 1. The number of morpholine rings is 1. The van der Waals surface area contributed by atoms with Crippen molar-refractivity contribution in [2.24, 2.45) is 5.92 Å². The zero-order chi connectivity index (χ0) is 16.9. The second kappa shape index (κ2) is 8.61. The molecule has 0 spiro atoms. The summed E-state index contributed by atoms with van der Waals surface area (Å²) < 4.78 is 11.5. The van der Waals surface area contributed by atoms with Gasteiger partial charge >= 0.3 is 0 Å². The Labute approximate surface area is 146 Å². The molecule has 0 radical (unpaired) electrons. The van der Waals surface area contributed by atoms with Gasteiger partial charge in [0, 0.05) is 32.7 Å². The molecule has 0 bridgehead atoms. The van der Waals surface area contributed by atoms with Crippen molar-refractivity contribution in [3.8, 4) is 0 Å². The van der Waals surface area contributed by atoms with Gasteiger partial charge in [0.2, 0.25) is 0 Å². The highest BCUT2D eigenvalue weighted by atomic mass is 16.5. The molecule has 0 aliphatic carbocycles. The molecular formula is C18H33N3O3. The maximum atomic E-state index is 12.6. The van der Waals surface area contributed by atoms with E-state index in [4.69, 9.17) is 9.47 Å². The standard InChI is InChI=1S/C18H33N3O3/c1-3-19(4-2)7-8-20-6-5-15-13-16(24-17(15)14-20)18(22)21-9-11-23-12-10-21/h15-17H,3-14H2,1-2H3/t15-,16-,17+/m1/s1. The first-order valence-electron chi connectivity index (χ1n) is 9.68. The minimum Gasteiger partial charge on any atom is -0.378 e. The number of piperidine rings is 1. The predicted molar refractivity (Wildman–Crippen MR) is 93.0 cm³/mol. The lowest BCUT2D eigenvalue weighted by Gasteiger charge is -2.35. The first kappa shape index (κ1) is 18.1. The van der Waals surface area contributed by atoms with Crippen LogP contribution in [0.1, 0.15) is 26.7 Å². The van der Waals surface area contributed by atoms with Gasteiger partial charge in [0.05, 0.1) is 19.3 Å². The quantitative estimate of drug-likeness (QED) is 0.712. The van der Waals surface area contributed by atoms with Crippen LogP contribution in [0.25, 0.3) is 0 Å². The Kier molecular flexibility index (Phi) is 6.49. The molecular weight excluding hydrogens is 306 g/mol. The topological polar surface area (TPSA) is 45.2 Å². The van der Waals surface area contributed by atoms with Crippen molar-refractivity contribution in [2.75, 3.05) is 65.6 Å². The van der Waals surface area contributed by atoms with Crippen LogP contribution in [0.5, 0.6) is 0 Å². The molecule has 6 heteroatoms. The average Bonchev–Trinajstić information content (AvgIpc) is 3.06. The minimum atomic E-state index is -0.221. The van der Waals surface area contributed by atoms with Crippen LogP contribution in [0.15, 0.2) is 0 Å². The van der Waals surface area contributed by atoms with Gasteiger partial charge < -0.3 is 19.3 Å². The van der Waals surface area contributed by atoms with Crippen molar-refractivity contribution in [1.29, 1.82) is 0 Å². The highest BCUT2D eigenvalue weighted by molar-refractivity contribution is 5.81. The number of carbonyl (C=O) groups is 1. The average molecular weight is 339 g/mol. The number of hydrogen-bond acceptors (Lipinski definition) is 5. The number of nitrogens with zero attached hydrogens (tertiary/aromatic N) is 3. The van der Waals surface area contributed by atoms with Crippen molar-refractivity contribution in [3.05, 3.63) is 0 Å². The highest BCUT2D eigenvalue weighted by Gasteiger charge is 2.43. The summed E-state index contributed by atoms with van der Waals surface area (Å²) in [4.78, 5) is 19.5. The molecule has 138 valence electrons. The van der Waals surface area contributed by atoms with Crippen molar-refractivity contribution in [3.63, 3.8) is 0 Å². The molecule has 3 fully saturated rings. The van der Waals surface area contributed by atoms with Gasteiger partial charge in [-0.1, -0.05) is 13.8 Å². The number of amides is 1. The van der Waals surface area contributed by atoms with E-state index in [9.17, 15) is 4.79 Å². The van der Waals surface area contributed by atoms with E-state index < -0.39 is 0 Å². The van der Waals surface area contributed by atoms with Crippen LogP contribution in [0.4, 0.5) is 0 Å².